The first-order valence-corrected chi connectivity index (χ1v) is 10.0. The summed E-state index contributed by atoms with van der Waals surface area (Å²) in [6.45, 7) is 14.4. The van der Waals surface area contributed by atoms with Crippen molar-refractivity contribution in [2.45, 2.75) is 85.4 Å². The van der Waals surface area contributed by atoms with Gasteiger partial charge in [0.15, 0.2) is 0 Å². The summed E-state index contributed by atoms with van der Waals surface area (Å²) in [6.07, 6.45) is 5.78. The zero-order chi connectivity index (χ0) is 20.2. The van der Waals surface area contributed by atoms with Gasteiger partial charge in [-0.2, -0.15) is 0 Å². The number of allylic oxidation sites excluding steroid dienone is 1. The van der Waals surface area contributed by atoms with Crippen molar-refractivity contribution >= 4 is 18.6 Å². The lowest BCUT2D eigenvalue weighted by molar-refractivity contribution is 0.00578. The summed E-state index contributed by atoms with van der Waals surface area (Å²) in [4.78, 5) is 12.3. The molecule has 0 saturated carbocycles. The van der Waals surface area contributed by atoms with Crippen molar-refractivity contribution < 1.29 is 23.3 Å². The van der Waals surface area contributed by atoms with E-state index in [0.717, 1.165) is 24.7 Å². The number of ether oxygens (including phenoxy) is 1. The molecule has 0 aromatic carbocycles. The number of hydrogen-bond acceptors (Lipinski definition) is 5. The van der Waals surface area contributed by atoms with Crippen LogP contribution in [0.5, 0.6) is 0 Å². The zero-order valence-corrected chi connectivity index (χ0v) is 17.8. The number of furan rings is 1. The number of aryl methyl sites for hydroxylation is 1. The fraction of sp³-hybridized carbons (Fsp3) is 0.667. The first kappa shape index (κ1) is 21.8. The Hall–Kier alpha value is -1.53. The molecule has 1 saturated heterocycles. The summed E-state index contributed by atoms with van der Waals surface area (Å²) in [5.41, 5.74) is 0.441. The minimum atomic E-state index is -0.530. The van der Waals surface area contributed by atoms with E-state index in [1.807, 2.05) is 34.6 Å². The fourth-order valence-electron chi connectivity index (χ4n) is 2.96. The van der Waals surface area contributed by atoms with E-state index in [1.54, 1.807) is 13.0 Å². The van der Waals surface area contributed by atoms with Crippen LogP contribution in [0.2, 0.25) is 0 Å². The first-order valence-electron chi connectivity index (χ1n) is 10.0. The maximum Gasteiger partial charge on any atom is 0.498 e. The van der Waals surface area contributed by atoms with E-state index in [2.05, 4.69) is 13.0 Å². The minimum absolute atomic E-state index is 0.332. The molecule has 6 heteroatoms. The smallest absolute Gasteiger partial charge is 0.462 e. The Labute approximate surface area is 163 Å². The molecular formula is C21H33BO5. The highest BCUT2D eigenvalue weighted by molar-refractivity contribution is 6.68. The normalized spacial score (nSPS) is 18.8. The Morgan fingerprint density at radius 3 is 2.30 bits per heavy atom. The van der Waals surface area contributed by atoms with Crippen LogP contribution >= 0.6 is 0 Å². The van der Waals surface area contributed by atoms with Crippen molar-refractivity contribution in [1.82, 2.24) is 0 Å². The van der Waals surface area contributed by atoms with Gasteiger partial charge in [-0.15, -0.1) is 0 Å². The molecule has 5 nitrogen and oxygen atoms in total. The second kappa shape index (κ2) is 8.66. The Balaban J connectivity index is 2.41. The standard InChI is InChI=1S/C21H33BO5/c1-8-11-12-13-16(22-26-20(4,5)21(6,7)27-22)18-14-15(17(9-2)25-18)19(23)24-10-3/h13-14H,8-12H2,1-7H3/b16-13-. The highest BCUT2D eigenvalue weighted by Crippen LogP contribution is 2.41. The average molecular weight is 376 g/mol. The van der Waals surface area contributed by atoms with Crippen molar-refractivity contribution in [2.75, 3.05) is 6.61 Å². The predicted molar refractivity (Wildman–Crippen MR) is 108 cm³/mol. The largest absolute Gasteiger partial charge is 0.498 e. The van der Waals surface area contributed by atoms with Gasteiger partial charge in [-0.1, -0.05) is 32.8 Å². The highest BCUT2D eigenvalue weighted by Gasteiger charge is 2.53. The van der Waals surface area contributed by atoms with Gasteiger partial charge in [-0.3, -0.25) is 0 Å². The molecule has 0 N–H and O–H groups in total. The molecule has 0 unspecified atom stereocenters. The van der Waals surface area contributed by atoms with Crippen LogP contribution in [0.25, 0.3) is 5.47 Å². The van der Waals surface area contributed by atoms with Crippen molar-refractivity contribution in [3.8, 4) is 0 Å². The van der Waals surface area contributed by atoms with Gasteiger partial charge in [0.1, 0.15) is 17.1 Å². The van der Waals surface area contributed by atoms with Crippen LogP contribution in [0.4, 0.5) is 0 Å². The van der Waals surface area contributed by atoms with E-state index in [9.17, 15) is 4.79 Å². The third-order valence-corrected chi connectivity index (χ3v) is 5.34. The third-order valence-electron chi connectivity index (χ3n) is 5.34. The maximum atomic E-state index is 12.3. The molecule has 1 aromatic heterocycles. The second-order valence-corrected chi connectivity index (χ2v) is 7.91. The molecule has 2 rings (SSSR count). The van der Waals surface area contributed by atoms with Gasteiger partial charge >= 0.3 is 13.1 Å². The van der Waals surface area contributed by atoms with Gasteiger partial charge in [0.25, 0.3) is 0 Å². The van der Waals surface area contributed by atoms with E-state index in [0.29, 0.717) is 30.1 Å². The van der Waals surface area contributed by atoms with Gasteiger partial charge in [0.2, 0.25) is 0 Å². The van der Waals surface area contributed by atoms with Crippen molar-refractivity contribution in [2.24, 2.45) is 0 Å². The molecule has 0 radical (unpaired) electrons. The van der Waals surface area contributed by atoms with Crippen molar-refractivity contribution in [3.05, 3.63) is 29.2 Å². The number of hydrogen-bond donors (Lipinski definition) is 0. The molecule has 1 aliphatic heterocycles. The van der Waals surface area contributed by atoms with Crippen molar-refractivity contribution in [3.63, 3.8) is 0 Å². The summed E-state index contributed by atoms with van der Waals surface area (Å²) >= 11 is 0. The predicted octanol–water partition coefficient (Wildman–Crippen LogP) is 5.22. The lowest BCUT2D eigenvalue weighted by atomic mass is 9.75. The molecular weight excluding hydrogens is 343 g/mol. The van der Waals surface area contributed by atoms with Crippen molar-refractivity contribution in [1.29, 1.82) is 0 Å². The maximum absolute atomic E-state index is 12.3. The molecule has 0 bridgehead atoms. The first-order chi connectivity index (χ1) is 12.7. The Bertz CT molecular complexity index is 671. The molecule has 1 aromatic rings. The number of rotatable bonds is 8. The van der Waals surface area contributed by atoms with Crippen LogP contribution in [0.1, 0.15) is 89.6 Å². The molecule has 150 valence electrons. The lowest BCUT2D eigenvalue weighted by Gasteiger charge is -2.32. The van der Waals surface area contributed by atoms with Gasteiger partial charge < -0.3 is 18.5 Å². The number of esters is 1. The SMILES string of the molecule is CCCC/C=C(\B1OC(C)(C)C(C)(C)O1)c1cc(C(=O)OCC)c(CC)o1. The van der Waals surface area contributed by atoms with Crippen LogP contribution in [0.15, 0.2) is 16.6 Å². The Morgan fingerprint density at radius 2 is 1.78 bits per heavy atom. The van der Waals surface area contributed by atoms with E-state index in [4.69, 9.17) is 18.5 Å². The van der Waals surface area contributed by atoms with E-state index in [-0.39, 0.29) is 5.97 Å². The monoisotopic (exact) mass is 376 g/mol. The molecule has 1 aliphatic rings. The number of carbonyl (C=O) groups is 1. The summed E-state index contributed by atoms with van der Waals surface area (Å²) in [7, 11) is -0.530. The quantitative estimate of drug-likeness (QED) is 0.354. The van der Waals surface area contributed by atoms with E-state index < -0.39 is 18.3 Å². The van der Waals surface area contributed by atoms with Crippen LogP contribution in [0, 0.1) is 0 Å². The number of unbranched alkanes of at least 4 members (excludes halogenated alkanes) is 2. The second-order valence-electron chi connectivity index (χ2n) is 7.91. The van der Waals surface area contributed by atoms with Gasteiger partial charge in [-0.25, -0.2) is 4.79 Å². The molecule has 2 heterocycles. The molecule has 0 atom stereocenters. The van der Waals surface area contributed by atoms with Crippen LogP contribution in [0.3, 0.4) is 0 Å². The van der Waals surface area contributed by atoms with Gasteiger partial charge in [0, 0.05) is 11.9 Å². The van der Waals surface area contributed by atoms with Crippen LogP contribution in [-0.2, 0) is 20.5 Å². The zero-order valence-electron chi connectivity index (χ0n) is 17.8. The van der Waals surface area contributed by atoms with Crippen LogP contribution in [-0.4, -0.2) is 30.9 Å². The highest BCUT2D eigenvalue weighted by atomic mass is 16.7. The average Bonchev–Trinajstić information content (AvgIpc) is 3.10. The Morgan fingerprint density at radius 1 is 1.15 bits per heavy atom. The molecule has 0 aliphatic carbocycles. The molecule has 1 fully saturated rings. The van der Waals surface area contributed by atoms with Crippen LogP contribution < -0.4 is 0 Å². The molecule has 0 spiro atoms. The summed E-state index contributed by atoms with van der Waals surface area (Å²) in [6, 6.07) is 1.76. The van der Waals surface area contributed by atoms with E-state index in [1.165, 1.54) is 0 Å². The topological polar surface area (TPSA) is 57.9 Å². The van der Waals surface area contributed by atoms with Gasteiger partial charge in [-0.05, 0) is 47.1 Å². The van der Waals surface area contributed by atoms with Gasteiger partial charge in [0.05, 0.1) is 17.8 Å². The summed E-state index contributed by atoms with van der Waals surface area (Å²) < 4.78 is 23.7. The summed E-state index contributed by atoms with van der Waals surface area (Å²) in [5, 5.41) is 0. The lowest BCUT2D eigenvalue weighted by Crippen LogP contribution is -2.41. The molecule has 27 heavy (non-hydrogen) atoms. The fourth-order valence-corrected chi connectivity index (χ4v) is 2.96. The number of carbonyl (C=O) groups excluding carboxylic acids is 1. The Kier molecular flexibility index (Phi) is 6.98. The van der Waals surface area contributed by atoms with E-state index >= 15 is 0 Å². The molecule has 0 amide bonds. The third kappa shape index (κ3) is 4.67. The summed E-state index contributed by atoms with van der Waals surface area (Å²) in [5.74, 6) is 0.886. The minimum Gasteiger partial charge on any atom is -0.462 e.